The number of nitrogens with two attached hydrogens (primary N) is 1. The largest absolute Gasteiger partial charge is 0.381 e. The van der Waals surface area contributed by atoms with Gasteiger partial charge >= 0.3 is 0 Å². The number of rotatable bonds is 4. The van der Waals surface area contributed by atoms with Crippen LogP contribution in [0, 0.1) is 17.0 Å². The van der Waals surface area contributed by atoms with Crippen LogP contribution in [0.25, 0.3) is 5.69 Å². The van der Waals surface area contributed by atoms with E-state index in [1.165, 1.54) is 12.1 Å². The number of hydrogen-bond acceptors (Lipinski definition) is 5. The highest BCUT2D eigenvalue weighted by molar-refractivity contribution is 5.51. The van der Waals surface area contributed by atoms with Gasteiger partial charge in [-0.25, -0.2) is 4.68 Å². The van der Waals surface area contributed by atoms with Crippen LogP contribution in [0.15, 0.2) is 18.2 Å². The van der Waals surface area contributed by atoms with E-state index in [1.54, 1.807) is 10.7 Å². The number of nitro groups is 1. The highest BCUT2D eigenvalue weighted by Crippen LogP contribution is 2.23. The normalized spacial score (nSPS) is 10.6. The number of nitro benzene ring substituents is 1. The summed E-state index contributed by atoms with van der Waals surface area (Å²) < 4.78 is 1.58. The van der Waals surface area contributed by atoms with Gasteiger partial charge in [0.05, 0.1) is 16.3 Å². The van der Waals surface area contributed by atoms with Crippen molar-refractivity contribution in [1.29, 1.82) is 0 Å². The lowest BCUT2D eigenvalue weighted by atomic mass is 10.1. The lowest BCUT2D eigenvalue weighted by Gasteiger charge is -2.08. The van der Waals surface area contributed by atoms with Crippen molar-refractivity contribution in [2.75, 3.05) is 5.73 Å². The molecule has 0 amide bonds. The van der Waals surface area contributed by atoms with Gasteiger partial charge in [0.15, 0.2) is 5.82 Å². The Kier molecular flexibility index (Phi) is 3.46. The van der Waals surface area contributed by atoms with Crippen molar-refractivity contribution in [3.05, 3.63) is 39.6 Å². The van der Waals surface area contributed by atoms with E-state index in [4.69, 9.17) is 5.73 Å². The van der Waals surface area contributed by atoms with Crippen LogP contribution >= 0.6 is 0 Å². The molecule has 2 N–H and O–H groups in total. The van der Waals surface area contributed by atoms with Crippen LogP contribution < -0.4 is 5.73 Å². The minimum absolute atomic E-state index is 0.0251. The lowest BCUT2D eigenvalue weighted by molar-refractivity contribution is -0.384. The molecule has 0 saturated heterocycles. The zero-order valence-electron chi connectivity index (χ0n) is 10.8. The number of aromatic nitrogens is 3. The predicted octanol–water partition coefficient (Wildman–Crippen LogP) is 2.02. The van der Waals surface area contributed by atoms with Crippen LogP contribution in [0.5, 0.6) is 0 Å². The molecule has 0 aliphatic rings. The molecule has 7 nitrogen and oxygen atoms in total. The molecule has 0 radical (unpaired) electrons. The fourth-order valence-electron chi connectivity index (χ4n) is 1.92. The third-order valence-corrected chi connectivity index (χ3v) is 2.91. The third-order valence-electron chi connectivity index (χ3n) is 2.91. The summed E-state index contributed by atoms with van der Waals surface area (Å²) in [5, 5.41) is 18.7. The minimum atomic E-state index is -0.428. The number of nitrogen functional groups attached to an aromatic ring is 1. The van der Waals surface area contributed by atoms with Gasteiger partial charge in [-0.2, -0.15) is 0 Å². The number of nitrogens with zero attached hydrogens (tertiary/aromatic N) is 4. The molecule has 1 aromatic heterocycles. The summed E-state index contributed by atoms with van der Waals surface area (Å²) in [7, 11) is 0. The summed E-state index contributed by atoms with van der Waals surface area (Å²) >= 11 is 0. The summed E-state index contributed by atoms with van der Waals surface area (Å²) in [5.41, 5.74) is 8.12. The Morgan fingerprint density at radius 2 is 2.21 bits per heavy atom. The van der Waals surface area contributed by atoms with E-state index in [0.717, 1.165) is 24.1 Å². The van der Waals surface area contributed by atoms with Crippen molar-refractivity contribution in [1.82, 2.24) is 15.0 Å². The molecule has 0 fully saturated rings. The van der Waals surface area contributed by atoms with E-state index in [-0.39, 0.29) is 5.69 Å². The fraction of sp³-hybridized carbons (Fsp3) is 0.333. The van der Waals surface area contributed by atoms with Crippen molar-refractivity contribution in [3.63, 3.8) is 0 Å². The van der Waals surface area contributed by atoms with E-state index in [2.05, 4.69) is 10.3 Å². The quantitative estimate of drug-likeness (QED) is 0.670. The highest BCUT2D eigenvalue weighted by atomic mass is 16.6. The summed E-state index contributed by atoms with van der Waals surface area (Å²) in [6, 6.07) is 4.66. The van der Waals surface area contributed by atoms with Gasteiger partial charge in [-0.15, -0.1) is 5.10 Å². The molecule has 1 heterocycles. The van der Waals surface area contributed by atoms with Crippen LogP contribution in [0.4, 0.5) is 11.5 Å². The topological polar surface area (TPSA) is 99.9 Å². The molecule has 19 heavy (non-hydrogen) atoms. The molecular formula is C12H15N5O2. The van der Waals surface area contributed by atoms with Gasteiger partial charge in [-0.1, -0.05) is 24.6 Å². The van der Waals surface area contributed by atoms with Crippen LogP contribution in [-0.2, 0) is 6.42 Å². The van der Waals surface area contributed by atoms with Gasteiger partial charge in [0.1, 0.15) is 0 Å². The SMILES string of the molecule is CCCc1c(N)nnn1-c1cc([N+](=O)[O-])ccc1C. The van der Waals surface area contributed by atoms with Gasteiger partial charge in [0.25, 0.3) is 5.69 Å². The maximum atomic E-state index is 10.8. The second kappa shape index (κ2) is 5.05. The van der Waals surface area contributed by atoms with Crippen molar-refractivity contribution < 1.29 is 4.92 Å². The Bertz CT molecular complexity index is 621. The van der Waals surface area contributed by atoms with Crippen molar-refractivity contribution in [2.24, 2.45) is 0 Å². The number of aryl methyl sites for hydroxylation is 1. The molecule has 2 rings (SSSR count). The summed E-state index contributed by atoms with van der Waals surface area (Å²) in [4.78, 5) is 10.4. The molecule has 0 bridgehead atoms. The van der Waals surface area contributed by atoms with Gasteiger partial charge in [0.2, 0.25) is 0 Å². The summed E-state index contributed by atoms with van der Waals surface area (Å²) in [6.07, 6.45) is 1.62. The molecule has 0 aliphatic carbocycles. The van der Waals surface area contributed by atoms with Gasteiger partial charge < -0.3 is 5.73 Å². The standard InChI is InChI=1S/C12H15N5O2/c1-3-4-10-12(13)14-15-16(10)11-7-9(17(18)19)6-5-8(11)2/h5-7H,3-4,13H2,1-2H3. The average molecular weight is 261 g/mol. The first-order valence-corrected chi connectivity index (χ1v) is 6.00. The maximum Gasteiger partial charge on any atom is 0.271 e. The second-order valence-corrected chi connectivity index (χ2v) is 4.31. The van der Waals surface area contributed by atoms with E-state index >= 15 is 0 Å². The highest BCUT2D eigenvalue weighted by Gasteiger charge is 2.16. The fourth-order valence-corrected chi connectivity index (χ4v) is 1.92. The van der Waals surface area contributed by atoms with E-state index < -0.39 is 4.92 Å². The number of hydrogen-bond donors (Lipinski definition) is 1. The van der Waals surface area contributed by atoms with Crippen LogP contribution in [0.1, 0.15) is 24.6 Å². The summed E-state index contributed by atoms with van der Waals surface area (Å²) in [6.45, 7) is 3.89. The van der Waals surface area contributed by atoms with Crippen molar-refractivity contribution in [2.45, 2.75) is 26.7 Å². The number of benzene rings is 1. The number of non-ortho nitro benzene ring substituents is 1. The van der Waals surface area contributed by atoms with Crippen molar-refractivity contribution in [3.8, 4) is 5.69 Å². The Balaban J connectivity index is 2.58. The molecule has 0 spiro atoms. The van der Waals surface area contributed by atoms with Crippen LogP contribution in [0.2, 0.25) is 0 Å². The van der Waals surface area contributed by atoms with E-state index in [0.29, 0.717) is 11.5 Å². The molecule has 7 heteroatoms. The molecule has 0 aliphatic heterocycles. The molecule has 100 valence electrons. The van der Waals surface area contributed by atoms with E-state index in [9.17, 15) is 10.1 Å². The third kappa shape index (κ3) is 2.40. The van der Waals surface area contributed by atoms with Gasteiger partial charge in [0, 0.05) is 12.1 Å². The average Bonchev–Trinajstić information content (AvgIpc) is 2.72. The Morgan fingerprint density at radius 1 is 1.47 bits per heavy atom. The second-order valence-electron chi connectivity index (χ2n) is 4.31. The van der Waals surface area contributed by atoms with Gasteiger partial charge in [-0.3, -0.25) is 10.1 Å². The molecule has 2 aromatic rings. The predicted molar refractivity (Wildman–Crippen MR) is 71.2 cm³/mol. The van der Waals surface area contributed by atoms with Crippen LogP contribution in [-0.4, -0.2) is 19.9 Å². The van der Waals surface area contributed by atoms with Crippen LogP contribution in [0.3, 0.4) is 0 Å². The monoisotopic (exact) mass is 261 g/mol. The molecular weight excluding hydrogens is 246 g/mol. The zero-order chi connectivity index (χ0) is 14.0. The molecule has 1 aromatic carbocycles. The molecule has 0 saturated carbocycles. The Hall–Kier alpha value is -2.44. The molecule has 0 unspecified atom stereocenters. The van der Waals surface area contributed by atoms with Crippen molar-refractivity contribution >= 4 is 11.5 Å². The maximum absolute atomic E-state index is 10.8. The molecule has 0 atom stereocenters. The zero-order valence-corrected chi connectivity index (χ0v) is 10.8. The lowest BCUT2D eigenvalue weighted by Crippen LogP contribution is -2.06. The Labute approximate surface area is 110 Å². The first-order valence-electron chi connectivity index (χ1n) is 6.00. The smallest absolute Gasteiger partial charge is 0.271 e. The van der Waals surface area contributed by atoms with E-state index in [1.807, 2.05) is 13.8 Å². The van der Waals surface area contributed by atoms with Gasteiger partial charge in [-0.05, 0) is 18.9 Å². The summed E-state index contributed by atoms with van der Waals surface area (Å²) in [5.74, 6) is 0.368. The number of anilines is 1. The first kappa shape index (κ1) is 13.0. The first-order chi connectivity index (χ1) is 9.04. The minimum Gasteiger partial charge on any atom is -0.381 e. The Morgan fingerprint density at radius 3 is 2.84 bits per heavy atom.